The molecule has 0 aliphatic carbocycles. The molecule has 0 atom stereocenters. The van der Waals surface area contributed by atoms with E-state index < -0.39 is 11.9 Å². The van der Waals surface area contributed by atoms with E-state index in [0.29, 0.717) is 19.6 Å². The van der Waals surface area contributed by atoms with Crippen molar-refractivity contribution in [2.45, 2.75) is 20.3 Å². The Kier molecular flexibility index (Phi) is 9.75. The Bertz CT molecular complexity index is 250. The molecule has 0 bridgehead atoms. The first kappa shape index (κ1) is 16.5. The molecule has 0 aromatic carbocycles. The molecule has 18 heavy (non-hydrogen) atoms. The van der Waals surface area contributed by atoms with Crippen LogP contribution in [0.15, 0.2) is 5.18 Å². The van der Waals surface area contributed by atoms with Gasteiger partial charge in [-0.1, -0.05) is 5.18 Å². The van der Waals surface area contributed by atoms with Crippen LogP contribution in [0.25, 0.3) is 0 Å². The van der Waals surface area contributed by atoms with Crippen LogP contribution in [0.2, 0.25) is 0 Å². The Morgan fingerprint density at radius 2 is 1.61 bits per heavy atom. The van der Waals surface area contributed by atoms with Crippen LogP contribution >= 0.6 is 0 Å². The number of hydrogen-bond donors (Lipinski definition) is 0. The van der Waals surface area contributed by atoms with Gasteiger partial charge in [0, 0.05) is 20.5 Å². The molecule has 0 saturated carbocycles. The van der Waals surface area contributed by atoms with Crippen LogP contribution in [0.4, 0.5) is 0 Å². The molecule has 7 heteroatoms. The lowest BCUT2D eigenvalue weighted by Gasteiger charge is -2.16. The molecule has 0 unspecified atom stereocenters. The molecule has 0 N–H and O–H groups in total. The maximum atomic E-state index is 10.7. The van der Waals surface area contributed by atoms with E-state index in [1.54, 1.807) is 0 Å². The van der Waals surface area contributed by atoms with Crippen molar-refractivity contribution in [1.29, 1.82) is 0 Å². The van der Waals surface area contributed by atoms with Crippen molar-refractivity contribution in [1.82, 2.24) is 0 Å². The number of nitroso groups, excluding NO2 is 1. The van der Waals surface area contributed by atoms with Crippen molar-refractivity contribution in [3.05, 3.63) is 4.91 Å². The van der Waals surface area contributed by atoms with E-state index in [9.17, 15) is 14.5 Å². The van der Waals surface area contributed by atoms with Gasteiger partial charge in [0.1, 0.15) is 0 Å². The predicted octanol–water partition coefficient (Wildman–Crippen LogP) is 0.902. The van der Waals surface area contributed by atoms with Crippen molar-refractivity contribution in [3.8, 4) is 0 Å². The van der Waals surface area contributed by atoms with Gasteiger partial charge >= 0.3 is 11.9 Å². The normalized spacial score (nSPS) is 10.2. The first-order valence-corrected chi connectivity index (χ1v) is 5.69. The zero-order chi connectivity index (χ0) is 13.8. The van der Waals surface area contributed by atoms with Crippen molar-refractivity contribution in [2.24, 2.45) is 11.1 Å². The number of hydrogen-bond acceptors (Lipinski definition) is 7. The molecule has 0 aliphatic rings. The highest BCUT2D eigenvalue weighted by atomic mass is 16.5. The van der Waals surface area contributed by atoms with E-state index in [4.69, 9.17) is 14.2 Å². The van der Waals surface area contributed by atoms with Crippen molar-refractivity contribution in [3.63, 3.8) is 0 Å². The number of esters is 2. The SMILES string of the molecule is CC(=O)OCC(COCCCN=O)COC(C)=O. The lowest BCUT2D eigenvalue weighted by Crippen LogP contribution is -2.24. The number of carbonyl (C=O) groups excluding carboxylic acids is 2. The summed E-state index contributed by atoms with van der Waals surface area (Å²) in [6.45, 7) is 3.77. The fourth-order valence-electron chi connectivity index (χ4n) is 1.10. The van der Waals surface area contributed by atoms with Crippen LogP contribution in [-0.4, -0.2) is 44.9 Å². The molecule has 7 nitrogen and oxygen atoms in total. The zero-order valence-electron chi connectivity index (χ0n) is 10.7. The van der Waals surface area contributed by atoms with E-state index >= 15 is 0 Å². The van der Waals surface area contributed by atoms with Gasteiger partial charge in [-0.05, 0) is 6.42 Å². The third kappa shape index (κ3) is 11.0. The van der Waals surface area contributed by atoms with E-state index in [1.165, 1.54) is 13.8 Å². The first-order chi connectivity index (χ1) is 8.56. The minimum absolute atomic E-state index is 0.133. The second kappa shape index (κ2) is 10.6. The summed E-state index contributed by atoms with van der Waals surface area (Å²) in [6.07, 6.45) is 0.539. The molecule has 0 aromatic rings. The minimum atomic E-state index is -0.395. The number of rotatable bonds is 10. The maximum Gasteiger partial charge on any atom is 0.302 e. The van der Waals surface area contributed by atoms with Gasteiger partial charge in [0.25, 0.3) is 0 Å². The molecule has 0 radical (unpaired) electrons. The lowest BCUT2D eigenvalue weighted by molar-refractivity contribution is -0.147. The summed E-state index contributed by atoms with van der Waals surface area (Å²) in [5, 5.41) is 2.70. The second-order valence-electron chi connectivity index (χ2n) is 3.75. The monoisotopic (exact) mass is 261 g/mol. The van der Waals surface area contributed by atoms with Crippen molar-refractivity contribution in [2.75, 3.05) is 33.0 Å². The van der Waals surface area contributed by atoms with E-state index in [-0.39, 0.29) is 25.7 Å². The maximum absolute atomic E-state index is 10.7. The van der Waals surface area contributed by atoms with Crippen LogP contribution in [-0.2, 0) is 23.8 Å². The van der Waals surface area contributed by atoms with Gasteiger partial charge in [-0.3, -0.25) is 9.59 Å². The first-order valence-electron chi connectivity index (χ1n) is 5.69. The number of ether oxygens (including phenoxy) is 3. The van der Waals surface area contributed by atoms with Gasteiger partial charge in [-0.2, -0.15) is 4.91 Å². The largest absolute Gasteiger partial charge is 0.465 e. The summed E-state index contributed by atoms with van der Waals surface area (Å²) < 4.78 is 15.0. The highest BCUT2D eigenvalue weighted by molar-refractivity contribution is 5.66. The van der Waals surface area contributed by atoms with E-state index in [2.05, 4.69) is 5.18 Å². The van der Waals surface area contributed by atoms with Gasteiger partial charge < -0.3 is 14.2 Å². The van der Waals surface area contributed by atoms with Gasteiger partial charge in [-0.25, -0.2) is 0 Å². The van der Waals surface area contributed by atoms with Crippen molar-refractivity contribution < 1.29 is 23.8 Å². The Labute approximate surface area is 106 Å². The lowest BCUT2D eigenvalue weighted by atomic mass is 10.2. The molecular weight excluding hydrogens is 242 g/mol. The third-order valence-electron chi connectivity index (χ3n) is 1.94. The Morgan fingerprint density at radius 3 is 2.06 bits per heavy atom. The van der Waals surface area contributed by atoms with Crippen molar-refractivity contribution >= 4 is 11.9 Å². The smallest absolute Gasteiger partial charge is 0.302 e. The Morgan fingerprint density at radius 1 is 1.06 bits per heavy atom. The van der Waals surface area contributed by atoms with Gasteiger partial charge in [0.05, 0.1) is 32.3 Å². The average Bonchev–Trinajstić information content (AvgIpc) is 2.30. The van der Waals surface area contributed by atoms with Crippen LogP contribution < -0.4 is 0 Å². The third-order valence-corrected chi connectivity index (χ3v) is 1.94. The minimum Gasteiger partial charge on any atom is -0.465 e. The molecule has 0 saturated heterocycles. The molecule has 0 rings (SSSR count). The fourth-order valence-corrected chi connectivity index (χ4v) is 1.10. The zero-order valence-corrected chi connectivity index (χ0v) is 10.7. The van der Waals surface area contributed by atoms with E-state index in [1.807, 2.05) is 0 Å². The molecule has 0 amide bonds. The summed E-state index contributed by atoms with van der Waals surface area (Å²) >= 11 is 0. The van der Waals surface area contributed by atoms with Gasteiger partial charge in [0.2, 0.25) is 0 Å². The topological polar surface area (TPSA) is 91.3 Å². The van der Waals surface area contributed by atoms with Crippen LogP contribution in [0.5, 0.6) is 0 Å². The Hall–Kier alpha value is -1.50. The number of nitrogens with zero attached hydrogens (tertiary/aromatic N) is 1. The molecule has 104 valence electrons. The van der Waals surface area contributed by atoms with Gasteiger partial charge in [0.15, 0.2) is 0 Å². The standard InChI is InChI=1S/C11H19NO6/c1-9(13)17-7-11(8-18-10(2)14)6-16-5-3-4-12-15/h11H,3-8H2,1-2H3. The predicted molar refractivity (Wildman–Crippen MR) is 62.9 cm³/mol. The Balaban J connectivity index is 3.83. The number of carbonyl (C=O) groups is 2. The molecule has 0 aromatic heterocycles. The summed E-state index contributed by atoms with van der Waals surface area (Å²) in [5.74, 6) is -0.997. The molecule has 0 fully saturated rings. The highest BCUT2D eigenvalue weighted by Crippen LogP contribution is 2.02. The van der Waals surface area contributed by atoms with Crippen LogP contribution in [0.1, 0.15) is 20.3 Å². The molecule has 0 spiro atoms. The van der Waals surface area contributed by atoms with Crippen LogP contribution in [0, 0.1) is 10.8 Å². The summed E-state index contributed by atoms with van der Waals surface area (Å²) in [4.78, 5) is 31.2. The molecule has 0 heterocycles. The average molecular weight is 261 g/mol. The summed E-state index contributed by atoms with van der Waals surface area (Å²) in [5.41, 5.74) is 0. The molecule has 0 aliphatic heterocycles. The van der Waals surface area contributed by atoms with Gasteiger partial charge in [-0.15, -0.1) is 0 Å². The molecular formula is C11H19NO6. The highest BCUT2D eigenvalue weighted by Gasteiger charge is 2.13. The summed E-state index contributed by atoms with van der Waals surface area (Å²) in [7, 11) is 0. The van der Waals surface area contributed by atoms with E-state index in [0.717, 1.165) is 0 Å². The summed E-state index contributed by atoms with van der Waals surface area (Å²) in [6, 6.07) is 0. The fraction of sp³-hybridized carbons (Fsp3) is 0.818. The quantitative estimate of drug-likeness (QED) is 0.329. The second-order valence-corrected chi connectivity index (χ2v) is 3.75. The van der Waals surface area contributed by atoms with Crippen LogP contribution in [0.3, 0.4) is 0 Å².